The standard InChI is InChI=1S/C41H56N2O5/c1-36(2)14-10-15-39(5)32(36)13-16-41(7)33(39)31(44)22-27-28-23-38(4,18-17-37(28,3)19-20-40(27,41)6)35(47)43(48)30(34(45)46)21-25-24-42-29-12-9-8-11-26(25)29/h8-9,11-12,22,24,28,30,32-33,42,48H,10,13-21,23H2,1-7H3,(H,45,46)/t28-,30-,32?,33?,37+,38?,39-,40+,41+/m0/s1. The lowest BCUT2D eigenvalue weighted by Gasteiger charge is -2.70. The number of carbonyl (C=O) groups is 3. The number of aliphatic carboxylic acids is 1. The Balaban J connectivity index is 1.20. The molecule has 9 atom stereocenters. The summed E-state index contributed by atoms with van der Waals surface area (Å²) >= 11 is 0. The van der Waals surface area contributed by atoms with Crippen LogP contribution in [-0.2, 0) is 20.8 Å². The molecule has 1 amide bonds. The Hall–Kier alpha value is -2.93. The normalized spacial score (nSPS) is 40.9. The molecular weight excluding hydrogens is 600 g/mol. The fourth-order valence-electron chi connectivity index (χ4n) is 12.7. The first-order valence-electron chi connectivity index (χ1n) is 18.5. The molecule has 3 N–H and O–H groups in total. The minimum absolute atomic E-state index is 0.00710. The molecule has 260 valence electrons. The number of ketones is 1. The number of hydrogen-bond acceptors (Lipinski definition) is 4. The number of para-hydroxylation sites is 1. The zero-order chi connectivity index (χ0) is 34.7. The lowest BCUT2D eigenvalue weighted by Crippen LogP contribution is -2.65. The van der Waals surface area contributed by atoms with E-state index in [1.54, 1.807) is 6.20 Å². The van der Waals surface area contributed by atoms with E-state index in [4.69, 9.17) is 0 Å². The molecule has 0 saturated heterocycles. The lowest BCUT2D eigenvalue weighted by molar-refractivity contribution is -0.200. The summed E-state index contributed by atoms with van der Waals surface area (Å²) in [5.41, 5.74) is 1.71. The van der Waals surface area contributed by atoms with Gasteiger partial charge in [-0.3, -0.25) is 14.8 Å². The van der Waals surface area contributed by atoms with Crippen LogP contribution >= 0.6 is 0 Å². The summed E-state index contributed by atoms with van der Waals surface area (Å²) in [4.78, 5) is 44.7. The quantitative estimate of drug-likeness (QED) is 0.220. The molecule has 0 aliphatic heterocycles. The van der Waals surface area contributed by atoms with E-state index >= 15 is 0 Å². The summed E-state index contributed by atoms with van der Waals surface area (Å²) in [6.45, 7) is 16.3. The van der Waals surface area contributed by atoms with Crippen molar-refractivity contribution in [1.82, 2.24) is 10.0 Å². The molecule has 7 rings (SSSR count). The third kappa shape index (κ3) is 4.58. The number of H-pyrrole nitrogens is 1. The summed E-state index contributed by atoms with van der Waals surface area (Å²) in [6, 6.07) is 6.22. The van der Waals surface area contributed by atoms with Crippen molar-refractivity contribution in [2.45, 2.75) is 125 Å². The van der Waals surface area contributed by atoms with Crippen LogP contribution in [0.5, 0.6) is 0 Å². The van der Waals surface area contributed by atoms with Crippen LogP contribution in [0.3, 0.4) is 0 Å². The maximum absolute atomic E-state index is 14.6. The zero-order valence-electron chi connectivity index (χ0n) is 30.1. The SMILES string of the molecule is CC1(C(=O)N(O)[C@@H](Cc2c[nH]c3ccccc23)C(=O)O)CC[C@]2(C)CC[C@]3(C)C(=CC(=O)C4[C@@]5(C)CCCC(C)(C)C5CC[C@]43C)[C@@H]2C1. The number of carbonyl (C=O) groups excluding carboxylic acids is 2. The highest BCUT2D eigenvalue weighted by Crippen LogP contribution is 2.75. The maximum atomic E-state index is 14.6. The summed E-state index contributed by atoms with van der Waals surface area (Å²) in [5, 5.41) is 23.1. The molecule has 0 spiro atoms. The molecule has 1 aromatic heterocycles. The van der Waals surface area contributed by atoms with E-state index in [1.165, 1.54) is 18.4 Å². The Bertz CT molecular complexity index is 1710. The van der Waals surface area contributed by atoms with E-state index in [-0.39, 0.29) is 51.1 Å². The van der Waals surface area contributed by atoms with Gasteiger partial charge in [-0.05, 0) is 114 Å². The van der Waals surface area contributed by atoms with Gasteiger partial charge in [-0.25, -0.2) is 9.86 Å². The van der Waals surface area contributed by atoms with Gasteiger partial charge in [-0.2, -0.15) is 0 Å². The van der Waals surface area contributed by atoms with E-state index in [9.17, 15) is 24.7 Å². The Labute approximate surface area is 285 Å². The number of nitrogens with one attached hydrogen (secondary N) is 1. The molecule has 1 heterocycles. The number of rotatable bonds is 5. The molecule has 3 unspecified atom stereocenters. The molecule has 4 fully saturated rings. The van der Waals surface area contributed by atoms with Crippen LogP contribution in [-0.4, -0.2) is 44.1 Å². The van der Waals surface area contributed by atoms with Crippen LogP contribution in [0, 0.1) is 50.2 Å². The Morgan fingerprint density at radius 3 is 2.40 bits per heavy atom. The number of amides is 1. The number of benzene rings is 1. The van der Waals surface area contributed by atoms with Crippen molar-refractivity contribution in [3.05, 3.63) is 47.7 Å². The molecule has 2 aromatic rings. The Morgan fingerprint density at radius 1 is 0.958 bits per heavy atom. The highest BCUT2D eigenvalue weighted by Gasteiger charge is 2.69. The summed E-state index contributed by atoms with van der Waals surface area (Å²) in [5.74, 6) is -0.948. The molecule has 5 aliphatic rings. The molecule has 7 heteroatoms. The van der Waals surface area contributed by atoms with Crippen molar-refractivity contribution < 1.29 is 24.7 Å². The second-order valence-corrected chi connectivity index (χ2v) is 18.7. The molecular formula is C41H56N2O5. The predicted molar refractivity (Wildman–Crippen MR) is 186 cm³/mol. The van der Waals surface area contributed by atoms with Gasteiger partial charge in [0, 0.05) is 34.9 Å². The van der Waals surface area contributed by atoms with Crippen molar-refractivity contribution in [1.29, 1.82) is 0 Å². The maximum Gasteiger partial charge on any atom is 0.329 e. The van der Waals surface area contributed by atoms with Crippen LogP contribution in [0.25, 0.3) is 10.9 Å². The van der Waals surface area contributed by atoms with Gasteiger partial charge in [0.05, 0.1) is 0 Å². The first-order chi connectivity index (χ1) is 22.4. The van der Waals surface area contributed by atoms with Gasteiger partial charge in [0.15, 0.2) is 11.8 Å². The van der Waals surface area contributed by atoms with Gasteiger partial charge in [0.25, 0.3) is 5.91 Å². The third-order valence-corrected chi connectivity index (χ3v) is 15.7. The minimum atomic E-state index is -1.41. The topological polar surface area (TPSA) is 111 Å². The van der Waals surface area contributed by atoms with E-state index in [0.29, 0.717) is 23.8 Å². The molecule has 7 nitrogen and oxygen atoms in total. The molecule has 48 heavy (non-hydrogen) atoms. The number of carboxylic acid groups (broad SMARTS) is 1. The van der Waals surface area contributed by atoms with Gasteiger partial charge in [0.2, 0.25) is 0 Å². The third-order valence-electron chi connectivity index (χ3n) is 15.7. The number of nitrogens with zero attached hydrogens (tertiary/aromatic N) is 1. The number of hydrogen-bond donors (Lipinski definition) is 3. The molecule has 0 bridgehead atoms. The van der Waals surface area contributed by atoms with Crippen LogP contribution in [0.4, 0.5) is 0 Å². The van der Waals surface area contributed by atoms with Crippen LogP contribution < -0.4 is 0 Å². The lowest BCUT2D eigenvalue weighted by atomic mass is 9.33. The Kier molecular flexibility index (Phi) is 7.54. The van der Waals surface area contributed by atoms with E-state index < -0.39 is 23.3 Å². The highest BCUT2D eigenvalue weighted by molar-refractivity contribution is 5.96. The van der Waals surface area contributed by atoms with Crippen LogP contribution in [0.15, 0.2) is 42.1 Å². The first-order valence-corrected chi connectivity index (χ1v) is 18.5. The number of aromatic nitrogens is 1. The fraction of sp³-hybridized carbons (Fsp3) is 0.683. The summed E-state index contributed by atoms with van der Waals surface area (Å²) < 4.78 is 0. The average Bonchev–Trinajstić information content (AvgIpc) is 3.43. The van der Waals surface area contributed by atoms with Gasteiger partial charge >= 0.3 is 5.97 Å². The smallest absolute Gasteiger partial charge is 0.329 e. The van der Waals surface area contributed by atoms with Gasteiger partial charge in [-0.15, -0.1) is 0 Å². The number of carboxylic acids is 1. The molecule has 4 saturated carbocycles. The molecule has 0 radical (unpaired) electrons. The average molecular weight is 657 g/mol. The second-order valence-electron chi connectivity index (χ2n) is 18.7. The summed E-state index contributed by atoms with van der Waals surface area (Å²) in [6.07, 6.45) is 13.4. The number of aromatic amines is 1. The monoisotopic (exact) mass is 656 g/mol. The molecule has 5 aliphatic carbocycles. The summed E-state index contributed by atoms with van der Waals surface area (Å²) in [7, 11) is 0. The fourth-order valence-corrected chi connectivity index (χ4v) is 12.7. The van der Waals surface area contributed by atoms with Gasteiger partial charge in [0.1, 0.15) is 0 Å². The van der Waals surface area contributed by atoms with E-state index in [0.717, 1.165) is 55.0 Å². The molecule has 1 aromatic carbocycles. The van der Waals surface area contributed by atoms with Crippen molar-refractivity contribution in [3.8, 4) is 0 Å². The van der Waals surface area contributed by atoms with Gasteiger partial charge in [-0.1, -0.05) is 78.7 Å². The number of fused-ring (bicyclic) bond motifs is 8. The van der Waals surface area contributed by atoms with Crippen molar-refractivity contribution in [3.63, 3.8) is 0 Å². The largest absolute Gasteiger partial charge is 0.480 e. The number of allylic oxidation sites excluding steroid dienone is 2. The zero-order valence-corrected chi connectivity index (χ0v) is 30.1. The predicted octanol–water partition coefficient (Wildman–Crippen LogP) is 8.75. The number of hydroxylamine groups is 2. The van der Waals surface area contributed by atoms with Gasteiger partial charge < -0.3 is 10.1 Å². The highest BCUT2D eigenvalue weighted by atomic mass is 16.5. The van der Waals surface area contributed by atoms with E-state index in [2.05, 4.69) is 46.5 Å². The van der Waals surface area contributed by atoms with E-state index in [1.807, 2.05) is 37.3 Å². The first kappa shape index (κ1) is 33.6. The Morgan fingerprint density at radius 2 is 1.67 bits per heavy atom. The second kappa shape index (κ2) is 10.8. The minimum Gasteiger partial charge on any atom is -0.480 e. The van der Waals surface area contributed by atoms with Crippen LogP contribution in [0.2, 0.25) is 0 Å². The van der Waals surface area contributed by atoms with Crippen LogP contribution in [0.1, 0.15) is 118 Å². The van der Waals surface area contributed by atoms with Crippen molar-refractivity contribution in [2.75, 3.05) is 0 Å². The van der Waals surface area contributed by atoms with Crippen molar-refractivity contribution >= 4 is 28.6 Å². The van der Waals surface area contributed by atoms with Crippen molar-refractivity contribution in [2.24, 2.45) is 50.2 Å².